The van der Waals surface area contributed by atoms with Gasteiger partial charge in [-0.15, -0.1) is 0 Å². The number of piperidine rings is 1. The van der Waals surface area contributed by atoms with Crippen molar-refractivity contribution in [1.29, 1.82) is 0 Å². The third-order valence-corrected chi connectivity index (χ3v) is 6.80. The van der Waals surface area contributed by atoms with Gasteiger partial charge in [0.2, 0.25) is 10.0 Å². The first-order valence-electron chi connectivity index (χ1n) is 8.79. The molecule has 2 heterocycles. The molecule has 1 aromatic carbocycles. The van der Waals surface area contributed by atoms with E-state index in [1.54, 1.807) is 41.9 Å². The van der Waals surface area contributed by atoms with E-state index in [9.17, 15) is 13.2 Å². The minimum absolute atomic E-state index is 0.00878. The molecule has 26 heavy (non-hydrogen) atoms. The van der Waals surface area contributed by atoms with Crippen LogP contribution < -0.4 is 0 Å². The maximum Gasteiger partial charge on any atom is 0.254 e. The Morgan fingerprint density at radius 1 is 1.23 bits per heavy atom. The summed E-state index contributed by atoms with van der Waals surface area (Å²) in [6.45, 7) is 2.85. The summed E-state index contributed by atoms with van der Waals surface area (Å²) in [5.74, 6) is 0.510. The highest BCUT2D eigenvalue weighted by atomic mass is 32.2. The summed E-state index contributed by atoms with van der Waals surface area (Å²) in [6, 6.07) is 9.77. The molecule has 0 radical (unpaired) electrons. The molecule has 1 unspecified atom stereocenters. The Labute approximate surface area is 154 Å². The molecule has 1 aliphatic rings. The first kappa shape index (κ1) is 18.7. The molecule has 1 amide bonds. The lowest BCUT2D eigenvalue weighted by Gasteiger charge is -2.32. The maximum absolute atomic E-state index is 12.8. The number of carbonyl (C=O) groups is 1. The van der Waals surface area contributed by atoms with Crippen LogP contribution in [-0.4, -0.2) is 43.2 Å². The van der Waals surface area contributed by atoms with Crippen molar-refractivity contribution in [3.05, 3.63) is 54.0 Å². The summed E-state index contributed by atoms with van der Waals surface area (Å²) in [5, 5.41) is 0. The molecule has 1 atom stereocenters. The van der Waals surface area contributed by atoms with Crippen LogP contribution in [0.1, 0.15) is 42.3 Å². The lowest BCUT2D eigenvalue weighted by atomic mass is 10.1. The second-order valence-electron chi connectivity index (χ2n) is 6.73. The number of hydrogen-bond acceptors (Lipinski definition) is 4. The summed E-state index contributed by atoms with van der Waals surface area (Å²) < 4.78 is 32.5. The largest absolute Gasteiger partial charge is 0.467 e. The predicted octanol–water partition coefficient (Wildman–Crippen LogP) is 3.11. The number of rotatable bonds is 5. The van der Waals surface area contributed by atoms with E-state index in [1.165, 1.54) is 17.0 Å². The molecule has 0 N–H and O–H groups in total. The number of hydrogen-bond donors (Lipinski definition) is 0. The molecule has 1 aliphatic heterocycles. The molecule has 0 bridgehead atoms. The van der Waals surface area contributed by atoms with Crippen molar-refractivity contribution in [2.75, 3.05) is 13.6 Å². The molecular formula is C19H24N2O4S. The fourth-order valence-electron chi connectivity index (χ4n) is 3.26. The maximum atomic E-state index is 12.8. The van der Waals surface area contributed by atoms with Crippen molar-refractivity contribution >= 4 is 15.9 Å². The standard InChI is InChI=1S/C19H24N2O4S/c1-15-6-3-4-12-21(15)26(23,24)18-10-8-16(9-11-18)19(22)20(2)14-17-7-5-13-25-17/h5,7-11,13,15H,3-4,6,12,14H2,1-2H3. The van der Waals surface area contributed by atoms with Crippen LogP contribution in [0.15, 0.2) is 52.0 Å². The molecule has 7 heteroatoms. The lowest BCUT2D eigenvalue weighted by molar-refractivity contribution is 0.0775. The van der Waals surface area contributed by atoms with E-state index in [-0.39, 0.29) is 16.8 Å². The van der Waals surface area contributed by atoms with Gasteiger partial charge in [-0.3, -0.25) is 4.79 Å². The molecule has 1 fully saturated rings. The van der Waals surface area contributed by atoms with Crippen molar-refractivity contribution in [2.24, 2.45) is 0 Å². The van der Waals surface area contributed by atoms with Gasteiger partial charge in [0.15, 0.2) is 0 Å². The second-order valence-corrected chi connectivity index (χ2v) is 8.62. The molecule has 3 rings (SSSR count). The molecule has 1 saturated heterocycles. The molecule has 0 saturated carbocycles. The van der Waals surface area contributed by atoms with Gasteiger partial charge in [0.05, 0.1) is 17.7 Å². The number of nitrogens with zero attached hydrogens (tertiary/aromatic N) is 2. The molecule has 1 aromatic heterocycles. The smallest absolute Gasteiger partial charge is 0.254 e. The van der Waals surface area contributed by atoms with Gasteiger partial charge in [0, 0.05) is 25.2 Å². The van der Waals surface area contributed by atoms with Gasteiger partial charge >= 0.3 is 0 Å². The van der Waals surface area contributed by atoms with E-state index < -0.39 is 10.0 Å². The summed E-state index contributed by atoms with van der Waals surface area (Å²) >= 11 is 0. The van der Waals surface area contributed by atoms with Gasteiger partial charge < -0.3 is 9.32 Å². The van der Waals surface area contributed by atoms with E-state index in [4.69, 9.17) is 4.42 Å². The van der Waals surface area contributed by atoms with Crippen LogP contribution in [0, 0.1) is 0 Å². The number of sulfonamides is 1. The molecule has 0 aliphatic carbocycles. The van der Waals surface area contributed by atoms with Crippen LogP contribution in [0.5, 0.6) is 0 Å². The van der Waals surface area contributed by atoms with E-state index in [2.05, 4.69) is 0 Å². The fraction of sp³-hybridized carbons (Fsp3) is 0.421. The summed E-state index contributed by atoms with van der Waals surface area (Å²) in [4.78, 5) is 14.3. The fourth-order valence-corrected chi connectivity index (χ4v) is 4.96. The lowest BCUT2D eigenvalue weighted by Crippen LogP contribution is -2.41. The van der Waals surface area contributed by atoms with Crippen LogP contribution >= 0.6 is 0 Å². The van der Waals surface area contributed by atoms with Crippen molar-refractivity contribution in [3.8, 4) is 0 Å². The minimum Gasteiger partial charge on any atom is -0.467 e. The van der Waals surface area contributed by atoms with E-state index in [0.29, 0.717) is 24.4 Å². The Hall–Kier alpha value is -2.12. The summed E-state index contributed by atoms with van der Waals surface area (Å²) in [7, 11) is -1.84. The monoisotopic (exact) mass is 376 g/mol. The Morgan fingerprint density at radius 2 is 1.96 bits per heavy atom. The van der Waals surface area contributed by atoms with Crippen molar-refractivity contribution in [1.82, 2.24) is 9.21 Å². The average Bonchev–Trinajstić information content (AvgIpc) is 3.14. The third-order valence-electron chi connectivity index (χ3n) is 4.77. The van der Waals surface area contributed by atoms with Gasteiger partial charge in [0.25, 0.3) is 5.91 Å². The Morgan fingerprint density at radius 3 is 2.58 bits per heavy atom. The Bertz CT molecular complexity index is 844. The van der Waals surface area contributed by atoms with Crippen LogP contribution in [0.3, 0.4) is 0 Å². The third kappa shape index (κ3) is 3.83. The van der Waals surface area contributed by atoms with E-state index in [0.717, 1.165) is 19.3 Å². The SMILES string of the molecule is CC1CCCCN1S(=O)(=O)c1ccc(C(=O)N(C)Cc2ccco2)cc1. The highest BCUT2D eigenvalue weighted by Crippen LogP contribution is 2.25. The number of benzene rings is 1. The summed E-state index contributed by atoms with van der Waals surface area (Å²) in [6.07, 6.45) is 4.39. The minimum atomic E-state index is -3.52. The normalized spacial score (nSPS) is 18.6. The van der Waals surface area contributed by atoms with Gasteiger partial charge in [-0.05, 0) is 56.2 Å². The first-order valence-corrected chi connectivity index (χ1v) is 10.2. The quantitative estimate of drug-likeness (QED) is 0.804. The molecule has 0 spiro atoms. The van der Waals surface area contributed by atoms with Crippen LogP contribution in [0.25, 0.3) is 0 Å². The second kappa shape index (κ2) is 7.63. The Kier molecular flexibility index (Phi) is 5.48. The van der Waals surface area contributed by atoms with Crippen LogP contribution in [-0.2, 0) is 16.6 Å². The van der Waals surface area contributed by atoms with Gasteiger partial charge in [-0.2, -0.15) is 4.31 Å². The highest BCUT2D eigenvalue weighted by molar-refractivity contribution is 7.89. The summed E-state index contributed by atoms with van der Waals surface area (Å²) in [5.41, 5.74) is 0.449. The zero-order valence-electron chi connectivity index (χ0n) is 15.1. The number of amides is 1. The van der Waals surface area contributed by atoms with Crippen molar-refractivity contribution < 1.29 is 17.6 Å². The molecule has 140 valence electrons. The molecule has 2 aromatic rings. The number of furan rings is 1. The van der Waals surface area contributed by atoms with Crippen LogP contribution in [0.2, 0.25) is 0 Å². The van der Waals surface area contributed by atoms with E-state index in [1.807, 2.05) is 6.92 Å². The first-order chi connectivity index (χ1) is 12.4. The zero-order valence-corrected chi connectivity index (χ0v) is 15.9. The average molecular weight is 376 g/mol. The highest BCUT2D eigenvalue weighted by Gasteiger charge is 2.31. The predicted molar refractivity (Wildman–Crippen MR) is 98.2 cm³/mol. The number of carbonyl (C=O) groups excluding carboxylic acids is 1. The molecule has 6 nitrogen and oxygen atoms in total. The zero-order chi connectivity index (χ0) is 18.7. The van der Waals surface area contributed by atoms with Crippen LogP contribution in [0.4, 0.5) is 0 Å². The van der Waals surface area contributed by atoms with Gasteiger partial charge in [-0.25, -0.2) is 8.42 Å². The van der Waals surface area contributed by atoms with Gasteiger partial charge in [0.1, 0.15) is 5.76 Å². The topological polar surface area (TPSA) is 70.8 Å². The molecular weight excluding hydrogens is 352 g/mol. The van der Waals surface area contributed by atoms with E-state index >= 15 is 0 Å². The Balaban J connectivity index is 1.74. The van der Waals surface area contributed by atoms with Gasteiger partial charge in [-0.1, -0.05) is 6.42 Å². The van der Waals surface area contributed by atoms with Crippen molar-refractivity contribution in [2.45, 2.75) is 43.7 Å². The van der Waals surface area contributed by atoms with Crippen molar-refractivity contribution in [3.63, 3.8) is 0 Å².